The first-order valence-corrected chi connectivity index (χ1v) is 9.07. The molecule has 6 nitrogen and oxygen atoms in total. The molecular formula is C22H20CoN6S2. The third-order valence-electron chi connectivity index (χ3n) is 2.27. The Kier molecular flexibility index (Phi) is 35.7. The largest absolute Gasteiger partial charge is 2.00 e. The fourth-order valence-corrected chi connectivity index (χ4v) is 1.25. The van der Waals surface area contributed by atoms with Crippen LogP contribution in [0.25, 0.3) is 10.8 Å². The van der Waals surface area contributed by atoms with Gasteiger partial charge in [-0.3, -0.25) is 19.9 Å². The van der Waals surface area contributed by atoms with Gasteiger partial charge in [-0.1, -0.05) is 48.7 Å². The summed E-state index contributed by atoms with van der Waals surface area (Å²) in [6.07, 6.45) is 14.0. The zero-order valence-corrected chi connectivity index (χ0v) is 19.1. The molecule has 0 saturated carbocycles. The van der Waals surface area contributed by atoms with Crippen LogP contribution in [0, 0.1) is 0 Å². The van der Waals surface area contributed by atoms with Gasteiger partial charge in [-0.05, 0) is 48.5 Å². The minimum absolute atomic E-state index is 0. The number of hydrogen-bond donors (Lipinski definition) is 0. The summed E-state index contributed by atoms with van der Waals surface area (Å²) in [6.45, 7) is 0. The van der Waals surface area contributed by atoms with Crippen molar-refractivity contribution in [3.05, 3.63) is 133 Å². The first-order valence-electron chi connectivity index (χ1n) is 8.25. The molecule has 0 unspecified atom stereocenters. The Labute approximate surface area is 204 Å². The van der Waals surface area contributed by atoms with Crippen molar-refractivity contribution in [2.45, 2.75) is 0 Å². The smallest absolute Gasteiger partial charge is 0.753 e. The number of nitrogens with zero attached hydrogens (tertiary/aromatic N) is 6. The summed E-state index contributed by atoms with van der Waals surface area (Å²) in [7, 11) is 0. The Morgan fingerprint density at radius 3 is 0.548 bits per heavy atom. The first kappa shape index (κ1) is 32.4. The molecule has 159 valence electrons. The minimum Gasteiger partial charge on any atom is -0.753 e. The van der Waals surface area contributed by atoms with E-state index < -0.39 is 0 Å². The standard InChI is InChI=1S/4C5H5N.2CNS.Co/c4*1-2-4-6-5-3-1;2*2-1-3;/h4*1-5H;;;/q;;;;2*-1;+2. The summed E-state index contributed by atoms with van der Waals surface area (Å²) in [4.78, 5) is 15.1. The maximum atomic E-state index is 7.13. The molecule has 0 aliphatic heterocycles. The van der Waals surface area contributed by atoms with Crippen molar-refractivity contribution in [2.24, 2.45) is 0 Å². The summed E-state index contributed by atoms with van der Waals surface area (Å²) in [6, 6.07) is 22.9. The molecule has 0 N–H and O–H groups in total. The number of hydrogen-bond acceptors (Lipinski definition) is 6. The molecule has 0 saturated heterocycles. The molecule has 0 bridgehead atoms. The van der Waals surface area contributed by atoms with Crippen molar-refractivity contribution >= 4 is 34.8 Å². The zero-order chi connectivity index (χ0) is 22.4. The van der Waals surface area contributed by atoms with Crippen molar-refractivity contribution in [3.8, 4) is 0 Å². The van der Waals surface area contributed by atoms with Crippen molar-refractivity contribution in [2.75, 3.05) is 0 Å². The predicted molar refractivity (Wildman–Crippen MR) is 129 cm³/mol. The van der Waals surface area contributed by atoms with Gasteiger partial charge >= 0.3 is 16.8 Å². The minimum atomic E-state index is 0. The Balaban J connectivity index is -0.000000309. The SMILES string of the molecule is [Co+2].[N-]=C=S.[N-]=C=S.c1ccncc1.c1ccncc1.c1ccncc1.c1ccncc1. The number of pyridine rings is 4. The summed E-state index contributed by atoms with van der Waals surface area (Å²) >= 11 is 7.40. The Hall–Kier alpha value is -3.29. The average molecular weight is 492 g/mol. The van der Waals surface area contributed by atoms with Gasteiger partial charge in [0.15, 0.2) is 0 Å². The van der Waals surface area contributed by atoms with Crippen LogP contribution < -0.4 is 0 Å². The second-order valence-corrected chi connectivity index (χ2v) is 4.65. The molecule has 0 amide bonds. The van der Waals surface area contributed by atoms with Crippen LogP contribution in [0.2, 0.25) is 0 Å². The molecule has 4 aromatic heterocycles. The van der Waals surface area contributed by atoms with E-state index in [-0.39, 0.29) is 16.8 Å². The van der Waals surface area contributed by atoms with Gasteiger partial charge in [-0.25, -0.2) is 0 Å². The van der Waals surface area contributed by atoms with Gasteiger partial charge in [0.2, 0.25) is 0 Å². The second kappa shape index (κ2) is 34.2. The quantitative estimate of drug-likeness (QED) is 0.233. The molecule has 0 atom stereocenters. The van der Waals surface area contributed by atoms with Crippen LogP contribution in [-0.4, -0.2) is 30.3 Å². The van der Waals surface area contributed by atoms with E-state index in [1.54, 1.807) is 49.6 Å². The van der Waals surface area contributed by atoms with Gasteiger partial charge < -0.3 is 10.8 Å². The van der Waals surface area contributed by atoms with Crippen molar-refractivity contribution < 1.29 is 16.8 Å². The predicted octanol–water partition coefficient (Wildman–Crippen LogP) is 5.64. The molecule has 4 heterocycles. The third kappa shape index (κ3) is 38.0. The van der Waals surface area contributed by atoms with Crippen molar-refractivity contribution in [1.29, 1.82) is 0 Å². The van der Waals surface area contributed by atoms with Crippen molar-refractivity contribution in [3.63, 3.8) is 0 Å². The fourth-order valence-electron chi connectivity index (χ4n) is 1.25. The van der Waals surface area contributed by atoms with E-state index in [2.05, 4.69) is 44.4 Å². The maximum Gasteiger partial charge on any atom is 2.00 e. The van der Waals surface area contributed by atoms with Crippen LogP contribution in [0.4, 0.5) is 0 Å². The van der Waals surface area contributed by atoms with Crippen LogP contribution in [0.1, 0.15) is 0 Å². The van der Waals surface area contributed by atoms with E-state index in [1.807, 2.05) is 72.8 Å². The number of aromatic nitrogens is 4. The van der Waals surface area contributed by atoms with Gasteiger partial charge in [-0.15, -0.1) is 0 Å². The molecule has 0 spiro atoms. The Morgan fingerprint density at radius 2 is 0.516 bits per heavy atom. The monoisotopic (exact) mass is 491 g/mol. The normalized spacial score (nSPS) is 6.71. The van der Waals surface area contributed by atoms with Crippen LogP contribution in [0.3, 0.4) is 0 Å². The third-order valence-corrected chi connectivity index (χ3v) is 2.27. The second-order valence-electron chi connectivity index (χ2n) is 4.28. The van der Waals surface area contributed by atoms with Crippen LogP contribution in [-0.2, 0) is 16.8 Å². The van der Waals surface area contributed by atoms with Crippen LogP contribution >= 0.6 is 24.4 Å². The molecule has 0 fully saturated rings. The molecular weight excluding hydrogens is 471 g/mol. The van der Waals surface area contributed by atoms with E-state index >= 15 is 0 Å². The molecule has 0 aliphatic rings. The summed E-state index contributed by atoms with van der Waals surface area (Å²) < 4.78 is 0. The molecule has 1 radical (unpaired) electrons. The topological polar surface area (TPSA) is 96.2 Å². The summed E-state index contributed by atoms with van der Waals surface area (Å²) in [5.41, 5.74) is 0. The van der Waals surface area contributed by atoms with Crippen LogP contribution in [0.15, 0.2) is 122 Å². The molecule has 9 heteroatoms. The Bertz CT molecular complexity index is 601. The number of isothiocyanates is 2. The van der Waals surface area contributed by atoms with E-state index in [4.69, 9.17) is 10.8 Å². The Morgan fingerprint density at radius 1 is 0.387 bits per heavy atom. The summed E-state index contributed by atoms with van der Waals surface area (Å²) in [5.74, 6) is 0. The number of thiocarbonyl (C=S) groups is 2. The van der Waals surface area contributed by atoms with E-state index in [0.29, 0.717) is 0 Å². The molecule has 4 aromatic rings. The number of rotatable bonds is 0. The van der Waals surface area contributed by atoms with Gasteiger partial charge in [0.05, 0.1) is 0 Å². The van der Waals surface area contributed by atoms with Gasteiger partial charge in [0.25, 0.3) is 0 Å². The molecule has 4 rings (SSSR count). The van der Waals surface area contributed by atoms with Gasteiger partial charge in [0, 0.05) is 49.6 Å². The fraction of sp³-hybridized carbons (Fsp3) is 0. The van der Waals surface area contributed by atoms with Crippen LogP contribution in [0.5, 0.6) is 0 Å². The first-order chi connectivity index (χ1) is 14.8. The zero-order valence-electron chi connectivity index (χ0n) is 16.4. The van der Waals surface area contributed by atoms with Gasteiger partial charge in [-0.2, -0.15) is 10.3 Å². The maximum absolute atomic E-state index is 7.13. The van der Waals surface area contributed by atoms with E-state index in [9.17, 15) is 0 Å². The summed E-state index contributed by atoms with van der Waals surface area (Å²) in [5, 5.41) is 16.9. The molecule has 0 aromatic carbocycles. The van der Waals surface area contributed by atoms with E-state index in [1.165, 1.54) is 10.3 Å². The molecule has 31 heavy (non-hydrogen) atoms. The molecule has 0 aliphatic carbocycles. The average Bonchev–Trinajstić information content (AvgIpc) is 2.86. The van der Waals surface area contributed by atoms with Gasteiger partial charge in [0.1, 0.15) is 0 Å². The van der Waals surface area contributed by atoms with Crippen molar-refractivity contribution in [1.82, 2.24) is 19.9 Å². The van der Waals surface area contributed by atoms with E-state index in [0.717, 1.165) is 0 Å².